The van der Waals surface area contributed by atoms with E-state index in [0.29, 0.717) is 31.4 Å². The van der Waals surface area contributed by atoms with Crippen LogP contribution in [0.5, 0.6) is 5.75 Å². The lowest BCUT2D eigenvalue weighted by atomic mass is 9.83. The summed E-state index contributed by atoms with van der Waals surface area (Å²) in [7, 11) is 1.73. The zero-order valence-corrected chi connectivity index (χ0v) is 32.4. The van der Waals surface area contributed by atoms with Gasteiger partial charge in [-0.15, -0.1) is 0 Å². The van der Waals surface area contributed by atoms with Crippen molar-refractivity contribution in [2.75, 3.05) is 20.2 Å². The molecule has 3 heterocycles. The first-order valence-corrected chi connectivity index (χ1v) is 19.0. The zero-order valence-electron chi connectivity index (χ0n) is 32.4. The van der Waals surface area contributed by atoms with Gasteiger partial charge in [-0.2, -0.15) is 0 Å². The highest BCUT2D eigenvalue weighted by molar-refractivity contribution is 5.96. The van der Waals surface area contributed by atoms with Gasteiger partial charge in [0, 0.05) is 41.4 Å². The molecule has 6 rings (SSSR count). The summed E-state index contributed by atoms with van der Waals surface area (Å²) in [6, 6.07) is 16.0. The zero-order chi connectivity index (χ0) is 38.2. The first kappa shape index (κ1) is 38.1. The highest BCUT2D eigenvalue weighted by Crippen LogP contribution is 2.42. The van der Waals surface area contributed by atoms with Crippen LogP contribution in [-0.2, 0) is 38.5 Å². The number of nitrogens with one attached hydrogen (secondary N) is 3. The number of hydrazine groups is 1. The van der Waals surface area contributed by atoms with Crippen molar-refractivity contribution in [3.63, 3.8) is 0 Å². The van der Waals surface area contributed by atoms with Crippen molar-refractivity contribution in [1.82, 2.24) is 25.6 Å². The van der Waals surface area contributed by atoms with Crippen molar-refractivity contribution in [2.45, 2.75) is 98.8 Å². The maximum atomic E-state index is 14.2. The molecular formula is C43H55N5O5. The van der Waals surface area contributed by atoms with Gasteiger partial charge in [0.1, 0.15) is 17.8 Å². The molecule has 6 bridgehead atoms. The molecular weight excluding hydrogens is 667 g/mol. The Kier molecular flexibility index (Phi) is 11.0. The molecule has 0 spiro atoms. The van der Waals surface area contributed by atoms with Gasteiger partial charge < -0.3 is 25.0 Å². The van der Waals surface area contributed by atoms with Gasteiger partial charge in [0.2, 0.25) is 5.91 Å². The lowest BCUT2D eigenvalue weighted by Gasteiger charge is -2.36. The number of carbonyl (C=O) groups excluding carboxylic acids is 3. The van der Waals surface area contributed by atoms with Crippen LogP contribution in [0.15, 0.2) is 54.6 Å². The van der Waals surface area contributed by atoms with E-state index < -0.39 is 29.5 Å². The van der Waals surface area contributed by atoms with Crippen molar-refractivity contribution in [3.05, 3.63) is 76.9 Å². The standard InChI is InChI=1S/C43H55N5O5/c1-9-47-36-16-15-29-22-32(36)33(39(47)37-26(4)12-10-13-27(37)5)23-43(6,7)24-53-42(52)34-14-11-17-48(46-34)41(51)35(45-40(50)38(44-8)25(2)3)20-28-18-30(29)21-31(49)19-28/h10,12-13,15-16,18-19,21-22,25,34-35,38,44,46,49H,9,11,14,17,20,23-24H2,1-8H3,(H,45,50)/t34-,35-,38-/m0/s1. The molecule has 4 N–H and O–H groups in total. The van der Waals surface area contributed by atoms with Crippen LogP contribution >= 0.6 is 0 Å². The first-order chi connectivity index (χ1) is 25.2. The Bertz CT molecular complexity index is 2010. The Hall–Kier alpha value is -4.67. The number of phenolic OH excluding ortho intramolecular Hbond substituents is 1. The average Bonchev–Trinajstić information content (AvgIpc) is 3.40. The molecule has 3 aromatic carbocycles. The summed E-state index contributed by atoms with van der Waals surface area (Å²) in [6.07, 6.45) is 1.91. The second-order valence-electron chi connectivity index (χ2n) is 16.0. The van der Waals surface area contributed by atoms with Gasteiger partial charge >= 0.3 is 5.97 Å². The Balaban J connectivity index is 1.54. The summed E-state index contributed by atoms with van der Waals surface area (Å²) in [5.74, 6) is -1.00. The second kappa shape index (κ2) is 15.4. The van der Waals surface area contributed by atoms with Crippen LogP contribution in [0.1, 0.15) is 69.7 Å². The Morgan fingerprint density at radius 3 is 2.47 bits per heavy atom. The fourth-order valence-electron chi connectivity index (χ4n) is 8.21. The molecule has 0 saturated carbocycles. The number of aryl methyl sites for hydroxylation is 3. The minimum atomic E-state index is -0.959. The number of benzene rings is 3. The quantitative estimate of drug-likeness (QED) is 0.175. The van der Waals surface area contributed by atoms with Crippen LogP contribution in [0.25, 0.3) is 33.3 Å². The van der Waals surface area contributed by atoms with Gasteiger partial charge in [-0.05, 0) is 111 Å². The van der Waals surface area contributed by atoms with Gasteiger partial charge in [-0.3, -0.25) is 19.4 Å². The third-order valence-electron chi connectivity index (χ3n) is 10.8. The molecule has 1 aromatic heterocycles. The van der Waals surface area contributed by atoms with Gasteiger partial charge in [-0.1, -0.05) is 58.0 Å². The van der Waals surface area contributed by atoms with Crippen LogP contribution in [-0.4, -0.2) is 70.8 Å². The number of aromatic hydroxyl groups is 1. The molecule has 0 aliphatic carbocycles. The number of ether oxygens (including phenoxy) is 1. The third kappa shape index (κ3) is 7.85. The molecule has 2 aliphatic rings. The van der Waals surface area contributed by atoms with Gasteiger partial charge in [0.15, 0.2) is 0 Å². The van der Waals surface area contributed by atoms with Crippen LogP contribution in [0.2, 0.25) is 0 Å². The molecule has 53 heavy (non-hydrogen) atoms. The van der Waals surface area contributed by atoms with Crippen molar-refractivity contribution < 1.29 is 24.2 Å². The van der Waals surface area contributed by atoms with Crippen LogP contribution in [0.4, 0.5) is 0 Å². The largest absolute Gasteiger partial charge is 0.508 e. The van der Waals surface area contributed by atoms with E-state index in [2.05, 4.69) is 91.6 Å². The number of amides is 2. The third-order valence-corrected chi connectivity index (χ3v) is 10.8. The minimum absolute atomic E-state index is 0.0178. The minimum Gasteiger partial charge on any atom is -0.508 e. The summed E-state index contributed by atoms with van der Waals surface area (Å²) in [4.78, 5) is 41.4. The predicted molar refractivity (Wildman–Crippen MR) is 209 cm³/mol. The van der Waals surface area contributed by atoms with E-state index in [1.807, 2.05) is 19.9 Å². The molecule has 1 saturated heterocycles. The molecule has 1 fully saturated rings. The van der Waals surface area contributed by atoms with Crippen LogP contribution in [0, 0.1) is 25.2 Å². The van der Waals surface area contributed by atoms with Gasteiger partial charge in [0.25, 0.3) is 5.91 Å². The Morgan fingerprint density at radius 2 is 1.79 bits per heavy atom. The number of esters is 1. The van der Waals surface area contributed by atoms with Crippen molar-refractivity contribution in [3.8, 4) is 28.1 Å². The van der Waals surface area contributed by atoms with Crippen molar-refractivity contribution in [1.29, 1.82) is 0 Å². The fraction of sp³-hybridized carbons (Fsp3) is 0.465. The first-order valence-electron chi connectivity index (χ1n) is 19.0. The Morgan fingerprint density at radius 1 is 1.06 bits per heavy atom. The number of carbonyl (C=O) groups is 3. The average molecular weight is 722 g/mol. The van der Waals surface area contributed by atoms with Gasteiger partial charge in [-0.25, -0.2) is 5.43 Å². The van der Waals surface area contributed by atoms with Crippen LogP contribution < -0.4 is 16.1 Å². The lowest BCUT2D eigenvalue weighted by Crippen LogP contribution is -2.61. The maximum Gasteiger partial charge on any atom is 0.324 e. The maximum absolute atomic E-state index is 14.2. The molecule has 4 aromatic rings. The summed E-state index contributed by atoms with van der Waals surface area (Å²) >= 11 is 0. The Labute approximate surface area is 313 Å². The molecule has 0 radical (unpaired) electrons. The van der Waals surface area contributed by atoms with E-state index in [1.54, 1.807) is 19.2 Å². The number of hydrogen-bond donors (Lipinski definition) is 4. The summed E-state index contributed by atoms with van der Waals surface area (Å²) in [6.45, 7) is 16.0. The van der Waals surface area contributed by atoms with Crippen molar-refractivity contribution in [2.24, 2.45) is 11.3 Å². The summed E-state index contributed by atoms with van der Waals surface area (Å²) < 4.78 is 8.45. The normalized spacial score (nSPS) is 19.9. The second-order valence-corrected chi connectivity index (χ2v) is 16.0. The van der Waals surface area contributed by atoms with E-state index in [9.17, 15) is 19.5 Å². The molecule has 3 atom stereocenters. The number of nitrogens with zero attached hydrogens (tertiary/aromatic N) is 2. The number of aromatic nitrogens is 1. The summed E-state index contributed by atoms with van der Waals surface area (Å²) in [5.41, 5.74) is 12.2. The van der Waals surface area contributed by atoms with E-state index in [1.165, 1.54) is 33.0 Å². The lowest BCUT2D eigenvalue weighted by molar-refractivity contribution is -0.155. The fourth-order valence-corrected chi connectivity index (χ4v) is 8.21. The highest BCUT2D eigenvalue weighted by atomic mass is 16.5. The van der Waals surface area contributed by atoms with Crippen molar-refractivity contribution >= 4 is 28.7 Å². The van der Waals surface area contributed by atoms with Gasteiger partial charge in [0.05, 0.1) is 18.3 Å². The molecule has 2 amide bonds. The summed E-state index contributed by atoms with van der Waals surface area (Å²) in [5, 5.41) is 19.7. The SMILES string of the molecule is CCn1c(-c2c(C)cccc2C)c2c3cc(ccc31)-c1cc(O)cc(c1)C[C@H](NC(=O)[C@@H](NC)C(C)C)C(=O)N1CCC[C@H](N1)C(=O)OCC(C)(C)C2. The smallest absolute Gasteiger partial charge is 0.324 e. The highest BCUT2D eigenvalue weighted by Gasteiger charge is 2.36. The monoisotopic (exact) mass is 721 g/mol. The number of likely N-dealkylation sites (N-methyl/N-ethyl adjacent to an activating group) is 1. The number of rotatable bonds is 6. The molecule has 282 valence electrons. The van der Waals surface area contributed by atoms with Crippen LogP contribution in [0.3, 0.4) is 0 Å². The topological polar surface area (TPSA) is 125 Å². The van der Waals surface area contributed by atoms with E-state index in [-0.39, 0.29) is 36.5 Å². The molecule has 10 heteroatoms. The predicted octanol–water partition coefficient (Wildman–Crippen LogP) is 6.21. The number of cyclic esters (lactones) is 1. The van der Waals surface area contributed by atoms with E-state index in [4.69, 9.17) is 4.74 Å². The number of fused-ring (bicyclic) bond motifs is 6. The molecule has 2 aliphatic heterocycles. The molecule has 10 nitrogen and oxygen atoms in total. The van der Waals surface area contributed by atoms with E-state index >= 15 is 0 Å². The van der Waals surface area contributed by atoms with E-state index in [0.717, 1.165) is 28.6 Å². The number of hydrogen-bond acceptors (Lipinski definition) is 7. The molecule has 0 unspecified atom stereocenters. The number of phenols is 1.